The maximum atomic E-state index is 10.9. The number of halogens is 1. The lowest BCUT2D eigenvalue weighted by atomic mass is 9.90. The highest BCUT2D eigenvalue weighted by Gasteiger charge is 2.41. The van der Waals surface area contributed by atoms with Gasteiger partial charge in [0.05, 0.1) is 12.5 Å². The van der Waals surface area contributed by atoms with Gasteiger partial charge >= 0.3 is 5.00 Å². The first-order chi connectivity index (χ1) is 8.57. The molecule has 5 heteroatoms. The van der Waals surface area contributed by atoms with Gasteiger partial charge in [0.1, 0.15) is 0 Å². The predicted molar refractivity (Wildman–Crippen MR) is 68.3 cm³/mol. The number of allylic oxidation sites excluding steroid dienone is 2. The Hall–Kier alpha value is -2.12. The smallest absolute Gasteiger partial charge is 0.262 e. The maximum absolute atomic E-state index is 10.9. The molecule has 0 aromatic heterocycles. The molecule has 0 spiro atoms. The number of nitro groups is 1. The van der Waals surface area contributed by atoms with Crippen molar-refractivity contribution in [2.24, 2.45) is 0 Å². The van der Waals surface area contributed by atoms with Crippen LogP contribution < -0.4 is 0 Å². The van der Waals surface area contributed by atoms with Crippen molar-refractivity contribution in [3.05, 3.63) is 63.7 Å². The number of nitriles is 1. The van der Waals surface area contributed by atoms with E-state index < -0.39 is 9.92 Å². The molecule has 1 aromatic carbocycles. The van der Waals surface area contributed by atoms with Gasteiger partial charge in [-0.3, -0.25) is 10.1 Å². The van der Waals surface area contributed by atoms with Crippen molar-refractivity contribution in [2.75, 3.05) is 0 Å². The highest BCUT2D eigenvalue weighted by Crippen LogP contribution is 2.36. The average molecular weight is 261 g/mol. The van der Waals surface area contributed by atoms with Crippen LogP contribution in [0.3, 0.4) is 0 Å². The van der Waals surface area contributed by atoms with E-state index in [1.807, 2.05) is 36.4 Å². The third-order valence-electron chi connectivity index (χ3n) is 2.78. The molecule has 0 heterocycles. The first kappa shape index (κ1) is 12.3. The summed E-state index contributed by atoms with van der Waals surface area (Å²) in [4.78, 5) is 8.59. The van der Waals surface area contributed by atoms with E-state index in [0.717, 1.165) is 5.56 Å². The van der Waals surface area contributed by atoms with Gasteiger partial charge in [0, 0.05) is 16.6 Å². The van der Waals surface area contributed by atoms with Crippen molar-refractivity contribution in [3.8, 4) is 6.07 Å². The molecule has 0 N–H and O–H groups in total. The molecule has 1 unspecified atom stereocenters. The lowest BCUT2D eigenvalue weighted by Crippen LogP contribution is -2.31. The van der Waals surface area contributed by atoms with E-state index >= 15 is 0 Å². The summed E-state index contributed by atoms with van der Waals surface area (Å²) < 4.78 is 0. The quantitative estimate of drug-likeness (QED) is 0.355. The Morgan fingerprint density at radius 1 is 1.39 bits per heavy atom. The highest BCUT2D eigenvalue weighted by atomic mass is 35.5. The molecule has 0 radical (unpaired) electrons. The Balaban J connectivity index is 2.45. The van der Waals surface area contributed by atoms with Crippen LogP contribution >= 0.6 is 11.6 Å². The van der Waals surface area contributed by atoms with E-state index in [9.17, 15) is 10.1 Å². The van der Waals surface area contributed by atoms with Gasteiger partial charge in [-0.2, -0.15) is 5.26 Å². The maximum Gasteiger partial charge on any atom is 0.318 e. The fraction of sp³-hybridized carbons (Fsp3) is 0.154. The molecule has 2 rings (SSSR count). The van der Waals surface area contributed by atoms with Crippen LogP contribution in [0, 0.1) is 21.4 Å². The van der Waals surface area contributed by atoms with Crippen molar-refractivity contribution in [1.29, 1.82) is 5.26 Å². The largest absolute Gasteiger partial charge is 0.318 e. The molecule has 1 aliphatic carbocycles. The minimum Gasteiger partial charge on any atom is -0.262 e. The fourth-order valence-electron chi connectivity index (χ4n) is 1.83. The van der Waals surface area contributed by atoms with Crippen LogP contribution in [-0.2, 0) is 0 Å². The number of hydrogen-bond donors (Lipinski definition) is 0. The van der Waals surface area contributed by atoms with Crippen LogP contribution in [0.25, 0.3) is 5.57 Å². The monoisotopic (exact) mass is 260 g/mol. The molecule has 1 aromatic rings. The van der Waals surface area contributed by atoms with Gasteiger partial charge < -0.3 is 0 Å². The van der Waals surface area contributed by atoms with E-state index in [2.05, 4.69) is 0 Å². The van der Waals surface area contributed by atoms with Gasteiger partial charge in [0.15, 0.2) is 0 Å². The van der Waals surface area contributed by atoms with Crippen LogP contribution in [0.4, 0.5) is 0 Å². The van der Waals surface area contributed by atoms with Gasteiger partial charge in [-0.25, -0.2) is 0 Å². The average Bonchev–Trinajstić information content (AvgIpc) is 2.39. The Morgan fingerprint density at radius 2 is 2.06 bits per heavy atom. The Kier molecular flexibility index (Phi) is 3.17. The predicted octanol–water partition coefficient (Wildman–Crippen LogP) is 3.14. The first-order valence-electron chi connectivity index (χ1n) is 5.28. The molecule has 0 aliphatic heterocycles. The zero-order valence-corrected chi connectivity index (χ0v) is 10.1. The Morgan fingerprint density at radius 3 is 2.61 bits per heavy atom. The summed E-state index contributed by atoms with van der Waals surface area (Å²) in [6, 6.07) is 11.3. The lowest BCUT2D eigenvalue weighted by molar-refractivity contribution is -0.527. The number of benzene rings is 1. The third-order valence-corrected chi connectivity index (χ3v) is 3.18. The van der Waals surface area contributed by atoms with Crippen molar-refractivity contribution in [2.45, 2.75) is 11.4 Å². The summed E-state index contributed by atoms with van der Waals surface area (Å²) in [6.45, 7) is 0. The van der Waals surface area contributed by atoms with Crippen LogP contribution in [0.15, 0.2) is 48.1 Å². The normalized spacial score (nSPS) is 22.7. The highest BCUT2D eigenvalue weighted by molar-refractivity contribution is 6.24. The van der Waals surface area contributed by atoms with E-state index in [1.165, 1.54) is 6.08 Å². The number of nitrogens with zero attached hydrogens (tertiary/aromatic N) is 2. The van der Waals surface area contributed by atoms with Gasteiger partial charge in [-0.05, 0) is 28.8 Å². The Bertz CT molecular complexity index is 587. The molecule has 0 saturated heterocycles. The SMILES string of the molecule is N#CC1=C(c2ccccc2)C=CC(Cl)([N+](=O)[O-])C1. The summed E-state index contributed by atoms with van der Waals surface area (Å²) in [6.07, 6.45) is 2.78. The summed E-state index contributed by atoms with van der Waals surface area (Å²) in [5.74, 6) is 0. The molecule has 1 atom stereocenters. The summed E-state index contributed by atoms with van der Waals surface area (Å²) in [5.41, 5.74) is 1.87. The zero-order valence-electron chi connectivity index (χ0n) is 9.34. The fourth-order valence-corrected chi connectivity index (χ4v) is 2.02. The third kappa shape index (κ3) is 2.13. The van der Waals surface area contributed by atoms with E-state index in [-0.39, 0.29) is 6.42 Å². The van der Waals surface area contributed by atoms with Gasteiger partial charge in [-0.1, -0.05) is 30.3 Å². The van der Waals surface area contributed by atoms with Crippen molar-refractivity contribution >= 4 is 17.2 Å². The minimum atomic E-state index is -1.71. The standard InChI is InChI=1S/C13H9ClN2O2/c14-13(16(17)18)7-6-12(11(8-13)9-15)10-4-2-1-3-5-10/h1-7H,8H2. The second-order valence-corrected chi connectivity index (χ2v) is 4.61. The molecule has 0 fully saturated rings. The zero-order chi connectivity index (χ0) is 13.2. The van der Waals surface area contributed by atoms with E-state index in [4.69, 9.17) is 16.9 Å². The van der Waals surface area contributed by atoms with Crippen LogP contribution in [0.5, 0.6) is 0 Å². The van der Waals surface area contributed by atoms with Gasteiger partial charge in [-0.15, -0.1) is 0 Å². The van der Waals surface area contributed by atoms with Gasteiger partial charge in [0.2, 0.25) is 0 Å². The number of hydrogen-bond acceptors (Lipinski definition) is 3. The summed E-state index contributed by atoms with van der Waals surface area (Å²) >= 11 is 5.87. The first-order valence-corrected chi connectivity index (χ1v) is 5.66. The lowest BCUT2D eigenvalue weighted by Gasteiger charge is -2.19. The van der Waals surface area contributed by atoms with Crippen LogP contribution in [-0.4, -0.2) is 9.92 Å². The van der Waals surface area contributed by atoms with E-state index in [0.29, 0.717) is 11.1 Å². The van der Waals surface area contributed by atoms with Crippen LogP contribution in [0.2, 0.25) is 0 Å². The molecule has 1 aliphatic rings. The molecule has 90 valence electrons. The molecule has 0 saturated carbocycles. The summed E-state index contributed by atoms with van der Waals surface area (Å²) in [7, 11) is 0. The summed E-state index contributed by atoms with van der Waals surface area (Å²) in [5, 5.41) is 20.0. The molecular formula is C13H9ClN2O2. The number of alkyl halides is 1. The molecule has 0 amide bonds. The molecule has 0 bridgehead atoms. The van der Waals surface area contributed by atoms with Crippen molar-refractivity contribution in [1.82, 2.24) is 0 Å². The Labute approximate surface area is 109 Å². The molecule has 4 nitrogen and oxygen atoms in total. The van der Waals surface area contributed by atoms with Crippen molar-refractivity contribution < 1.29 is 4.92 Å². The second kappa shape index (κ2) is 4.63. The topological polar surface area (TPSA) is 66.9 Å². The minimum absolute atomic E-state index is 0.0984. The van der Waals surface area contributed by atoms with Crippen molar-refractivity contribution in [3.63, 3.8) is 0 Å². The van der Waals surface area contributed by atoms with Gasteiger partial charge in [0.25, 0.3) is 0 Å². The molecule has 18 heavy (non-hydrogen) atoms. The van der Waals surface area contributed by atoms with E-state index in [1.54, 1.807) is 6.08 Å². The second-order valence-electron chi connectivity index (χ2n) is 3.96. The van der Waals surface area contributed by atoms with Crippen LogP contribution in [0.1, 0.15) is 12.0 Å². The molecular weight excluding hydrogens is 252 g/mol. The number of rotatable bonds is 2.